The van der Waals surface area contributed by atoms with Crippen molar-refractivity contribution < 1.29 is 5.11 Å². The molecule has 0 aliphatic heterocycles. The average Bonchev–Trinajstić information content (AvgIpc) is 1.95. The number of aromatic hydroxyl groups is 1. The van der Waals surface area contributed by atoms with E-state index in [-0.39, 0.29) is 12.2 Å². The molecule has 0 aromatic heterocycles. The Bertz CT molecular complexity index is 303. The van der Waals surface area contributed by atoms with Crippen LogP contribution >= 0.6 is 15.9 Å². The van der Waals surface area contributed by atoms with Crippen molar-refractivity contribution in [2.24, 2.45) is 0 Å². The second kappa shape index (κ2) is 3.40. The summed E-state index contributed by atoms with van der Waals surface area (Å²) in [5.41, 5.74) is 0.663. The van der Waals surface area contributed by atoms with Crippen molar-refractivity contribution in [3.8, 4) is 11.8 Å². The van der Waals surface area contributed by atoms with Crippen LogP contribution in [-0.4, -0.2) is 5.11 Å². The highest BCUT2D eigenvalue weighted by atomic mass is 79.9. The highest BCUT2D eigenvalue weighted by Gasteiger charge is 1.99. The summed E-state index contributed by atoms with van der Waals surface area (Å²) in [4.78, 5) is 0. The van der Waals surface area contributed by atoms with Gasteiger partial charge in [-0.15, -0.1) is 0 Å². The Kier molecular flexibility index (Phi) is 2.50. The highest BCUT2D eigenvalue weighted by molar-refractivity contribution is 9.10. The second-order valence-electron chi connectivity index (χ2n) is 2.11. The Balaban J connectivity index is 3.01. The first-order chi connectivity index (χ1) is 5.24. The van der Waals surface area contributed by atoms with Gasteiger partial charge in [-0.05, 0) is 12.1 Å². The van der Waals surface area contributed by atoms with Crippen molar-refractivity contribution in [1.82, 2.24) is 0 Å². The Morgan fingerprint density at radius 3 is 2.82 bits per heavy atom. The molecule has 0 aliphatic rings. The Labute approximate surface area is 73.2 Å². The summed E-state index contributed by atoms with van der Waals surface area (Å²) in [6.07, 6.45) is 0.249. The topological polar surface area (TPSA) is 44.0 Å². The van der Waals surface area contributed by atoms with Crippen LogP contribution in [-0.2, 0) is 6.42 Å². The molecule has 0 unspecified atom stereocenters. The van der Waals surface area contributed by atoms with Crippen LogP contribution in [0.25, 0.3) is 0 Å². The summed E-state index contributed by atoms with van der Waals surface area (Å²) in [7, 11) is 0. The van der Waals surface area contributed by atoms with E-state index in [0.29, 0.717) is 5.56 Å². The lowest BCUT2D eigenvalue weighted by Gasteiger charge is -1.98. The van der Waals surface area contributed by atoms with Gasteiger partial charge >= 0.3 is 0 Å². The first-order valence-corrected chi connectivity index (χ1v) is 3.87. The summed E-state index contributed by atoms with van der Waals surface area (Å²) in [6, 6.07) is 7.07. The maximum Gasteiger partial charge on any atom is 0.120 e. The molecule has 0 saturated heterocycles. The minimum absolute atomic E-state index is 0.168. The van der Waals surface area contributed by atoms with E-state index in [1.165, 1.54) is 0 Å². The lowest BCUT2D eigenvalue weighted by Crippen LogP contribution is -1.81. The summed E-state index contributed by atoms with van der Waals surface area (Å²) < 4.78 is 0.816. The fourth-order valence-corrected chi connectivity index (χ4v) is 1.12. The molecule has 0 heterocycles. The fraction of sp³-hybridized carbons (Fsp3) is 0.125. The number of nitriles is 1. The SMILES string of the molecule is N#CCc1ccc(Br)cc1O. The molecule has 0 atom stereocenters. The van der Waals surface area contributed by atoms with E-state index in [1.54, 1.807) is 18.2 Å². The van der Waals surface area contributed by atoms with Crippen molar-refractivity contribution in [3.05, 3.63) is 28.2 Å². The fourth-order valence-electron chi connectivity index (χ4n) is 0.772. The van der Waals surface area contributed by atoms with Crippen LogP contribution in [0.15, 0.2) is 22.7 Å². The zero-order valence-corrected chi connectivity index (χ0v) is 7.30. The molecule has 0 aliphatic carbocycles. The Morgan fingerprint density at radius 1 is 1.55 bits per heavy atom. The van der Waals surface area contributed by atoms with Crippen molar-refractivity contribution in [3.63, 3.8) is 0 Å². The molecule has 0 radical (unpaired) electrons. The third-order valence-electron chi connectivity index (χ3n) is 1.32. The van der Waals surface area contributed by atoms with Gasteiger partial charge < -0.3 is 5.11 Å². The summed E-state index contributed by atoms with van der Waals surface area (Å²) >= 11 is 3.20. The van der Waals surface area contributed by atoms with E-state index in [4.69, 9.17) is 5.26 Å². The highest BCUT2D eigenvalue weighted by Crippen LogP contribution is 2.22. The van der Waals surface area contributed by atoms with E-state index < -0.39 is 0 Å². The lowest BCUT2D eigenvalue weighted by molar-refractivity contribution is 0.469. The van der Waals surface area contributed by atoms with Gasteiger partial charge in [-0.1, -0.05) is 22.0 Å². The molecule has 0 fully saturated rings. The van der Waals surface area contributed by atoms with E-state index in [9.17, 15) is 5.11 Å². The first kappa shape index (κ1) is 8.09. The zero-order valence-electron chi connectivity index (χ0n) is 5.71. The van der Waals surface area contributed by atoms with Gasteiger partial charge in [0.05, 0.1) is 12.5 Å². The molecule has 1 rings (SSSR count). The molecule has 0 amide bonds. The van der Waals surface area contributed by atoms with Crippen molar-refractivity contribution in [2.45, 2.75) is 6.42 Å². The first-order valence-electron chi connectivity index (χ1n) is 3.08. The number of rotatable bonds is 1. The van der Waals surface area contributed by atoms with Crippen molar-refractivity contribution in [1.29, 1.82) is 5.26 Å². The molecule has 56 valence electrons. The minimum Gasteiger partial charge on any atom is -0.508 e. The molecule has 1 N–H and O–H groups in total. The van der Waals surface area contributed by atoms with Crippen LogP contribution in [0.5, 0.6) is 5.75 Å². The third kappa shape index (κ3) is 1.95. The Hall–Kier alpha value is -1.01. The van der Waals surface area contributed by atoms with Gasteiger partial charge in [0.25, 0.3) is 0 Å². The molecular weight excluding hydrogens is 206 g/mol. The van der Waals surface area contributed by atoms with E-state index in [1.807, 2.05) is 6.07 Å². The standard InChI is InChI=1S/C8H6BrNO/c9-7-2-1-6(3-4-10)8(11)5-7/h1-2,5,11H,3H2. The van der Waals surface area contributed by atoms with E-state index >= 15 is 0 Å². The monoisotopic (exact) mass is 211 g/mol. The predicted molar refractivity (Wildman–Crippen MR) is 45.1 cm³/mol. The average molecular weight is 212 g/mol. The molecule has 0 bridgehead atoms. The quantitative estimate of drug-likeness (QED) is 0.775. The van der Waals surface area contributed by atoms with Gasteiger partial charge in [-0.2, -0.15) is 5.26 Å². The van der Waals surface area contributed by atoms with E-state index in [0.717, 1.165) is 4.47 Å². The van der Waals surface area contributed by atoms with Crippen LogP contribution in [0, 0.1) is 11.3 Å². The lowest BCUT2D eigenvalue weighted by atomic mass is 10.1. The smallest absolute Gasteiger partial charge is 0.120 e. The van der Waals surface area contributed by atoms with Gasteiger partial charge in [0.15, 0.2) is 0 Å². The van der Waals surface area contributed by atoms with Gasteiger partial charge in [0, 0.05) is 10.0 Å². The van der Waals surface area contributed by atoms with E-state index in [2.05, 4.69) is 15.9 Å². The number of phenols is 1. The summed E-state index contributed by atoms with van der Waals surface area (Å²) in [5, 5.41) is 17.6. The van der Waals surface area contributed by atoms with Crippen molar-refractivity contribution >= 4 is 15.9 Å². The predicted octanol–water partition coefficient (Wildman–Crippen LogP) is 2.22. The van der Waals surface area contributed by atoms with Crippen LogP contribution in [0.3, 0.4) is 0 Å². The molecule has 11 heavy (non-hydrogen) atoms. The number of phenolic OH excluding ortho intramolecular Hbond substituents is 1. The number of halogens is 1. The molecule has 0 saturated carbocycles. The van der Waals surface area contributed by atoms with Crippen LogP contribution in [0.1, 0.15) is 5.56 Å². The summed E-state index contributed by atoms with van der Waals surface area (Å²) in [5.74, 6) is 0.168. The van der Waals surface area contributed by atoms with Crippen LogP contribution in [0.4, 0.5) is 0 Å². The van der Waals surface area contributed by atoms with Crippen LogP contribution < -0.4 is 0 Å². The second-order valence-corrected chi connectivity index (χ2v) is 3.02. The number of benzene rings is 1. The van der Waals surface area contributed by atoms with Crippen molar-refractivity contribution in [2.75, 3.05) is 0 Å². The molecule has 1 aromatic carbocycles. The normalized spacial score (nSPS) is 9.09. The summed E-state index contributed by atoms with van der Waals surface area (Å²) in [6.45, 7) is 0. The largest absolute Gasteiger partial charge is 0.508 e. The third-order valence-corrected chi connectivity index (χ3v) is 1.81. The molecular formula is C8H6BrNO. The van der Waals surface area contributed by atoms with Gasteiger partial charge in [0.1, 0.15) is 5.75 Å². The Morgan fingerprint density at radius 2 is 2.27 bits per heavy atom. The maximum absolute atomic E-state index is 9.24. The molecule has 3 heteroatoms. The molecule has 2 nitrogen and oxygen atoms in total. The number of nitrogens with zero attached hydrogens (tertiary/aromatic N) is 1. The molecule has 1 aromatic rings. The number of hydrogen-bond acceptors (Lipinski definition) is 2. The number of hydrogen-bond donors (Lipinski definition) is 1. The molecule has 0 spiro atoms. The van der Waals surface area contributed by atoms with Gasteiger partial charge in [-0.25, -0.2) is 0 Å². The zero-order chi connectivity index (χ0) is 8.27. The van der Waals surface area contributed by atoms with Gasteiger partial charge in [-0.3, -0.25) is 0 Å². The maximum atomic E-state index is 9.24. The van der Waals surface area contributed by atoms with Gasteiger partial charge in [0.2, 0.25) is 0 Å². The van der Waals surface area contributed by atoms with Crippen LogP contribution in [0.2, 0.25) is 0 Å². The minimum atomic E-state index is 0.168.